The Hall–Kier alpha value is -1.58. The molecule has 1 aliphatic heterocycles. The zero-order chi connectivity index (χ0) is 14.9. The normalized spacial score (nSPS) is 23.1. The van der Waals surface area contributed by atoms with Gasteiger partial charge in [0.05, 0.1) is 25.2 Å². The number of aliphatic carboxylic acids is 1. The van der Waals surface area contributed by atoms with E-state index in [-0.39, 0.29) is 13.2 Å². The molecule has 20 heavy (non-hydrogen) atoms. The lowest BCUT2D eigenvalue weighted by Crippen LogP contribution is -2.44. The lowest BCUT2D eigenvalue weighted by molar-refractivity contribution is -0.142. The number of ether oxygens (including phenoxy) is 1. The third kappa shape index (κ3) is 2.51. The number of rotatable bonds is 4. The number of pyridine rings is 1. The highest BCUT2D eigenvalue weighted by atomic mass is 32.2. The summed E-state index contributed by atoms with van der Waals surface area (Å²) in [4.78, 5) is 14.6. The minimum atomic E-state index is -4.22. The van der Waals surface area contributed by atoms with Crippen molar-refractivity contribution in [3.63, 3.8) is 0 Å². The zero-order valence-corrected chi connectivity index (χ0v) is 11.4. The molecule has 1 aliphatic rings. The van der Waals surface area contributed by atoms with Crippen molar-refractivity contribution in [1.82, 2.24) is 9.29 Å². The highest BCUT2D eigenvalue weighted by Gasteiger charge is 2.42. The van der Waals surface area contributed by atoms with Gasteiger partial charge in [-0.25, -0.2) is 17.8 Å². The summed E-state index contributed by atoms with van der Waals surface area (Å²) in [7, 11) is -3.02. The number of carbonyl (C=O) groups is 1. The van der Waals surface area contributed by atoms with Gasteiger partial charge in [0.1, 0.15) is 0 Å². The maximum Gasteiger partial charge on any atom is 0.310 e. The number of hydrogen-bond donors (Lipinski definition) is 1. The van der Waals surface area contributed by atoms with Crippen molar-refractivity contribution >= 4 is 16.0 Å². The van der Waals surface area contributed by atoms with Gasteiger partial charge in [-0.1, -0.05) is 0 Å². The highest BCUT2D eigenvalue weighted by Crippen LogP contribution is 2.25. The van der Waals surface area contributed by atoms with Gasteiger partial charge in [-0.05, 0) is 12.1 Å². The third-order valence-electron chi connectivity index (χ3n) is 3.18. The van der Waals surface area contributed by atoms with Crippen LogP contribution in [0.2, 0.25) is 0 Å². The van der Waals surface area contributed by atoms with Gasteiger partial charge in [-0.3, -0.25) is 4.79 Å². The van der Waals surface area contributed by atoms with E-state index in [1.165, 1.54) is 13.1 Å². The topological polar surface area (TPSA) is 96.8 Å². The second kappa shape index (κ2) is 5.43. The molecule has 2 atom stereocenters. The van der Waals surface area contributed by atoms with Crippen LogP contribution in [-0.2, 0) is 19.6 Å². The number of hydrogen-bond acceptors (Lipinski definition) is 5. The van der Waals surface area contributed by atoms with E-state index in [4.69, 9.17) is 9.84 Å². The fourth-order valence-corrected chi connectivity index (χ4v) is 3.36. The van der Waals surface area contributed by atoms with E-state index < -0.39 is 38.8 Å². The van der Waals surface area contributed by atoms with E-state index in [0.717, 1.165) is 16.6 Å². The van der Waals surface area contributed by atoms with Crippen LogP contribution in [0.3, 0.4) is 0 Å². The molecule has 0 spiro atoms. The predicted molar refractivity (Wildman–Crippen MR) is 64.9 cm³/mol. The summed E-state index contributed by atoms with van der Waals surface area (Å²) in [6.07, 6.45) is 1.16. The molecule has 0 aliphatic carbocycles. The van der Waals surface area contributed by atoms with Crippen LogP contribution >= 0.6 is 0 Å². The molecule has 2 unspecified atom stereocenters. The standard InChI is InChI=1S/C11H13FN2O5S/c1-14(9-6-19-5-7(9)11(15)16)20(17,18)10-8(12)3-2-4-13-10/h2-4,7,9H,5-6H2,1H3,(H,15,16). The molecule has 1 aromatic heterocycles. The number of halogens is 1. The molecule has 1 N–H and O–H groups in total. The smallest absolute Gasteiger partial charge is 0.310 e. The molecular weight excluding hydrogens is 291 g/mol. The first-order valence-electron chi connectivity index (χ1n) is 5.75. The highest BCUT2D eigenvalue weighted by molar-refractivity contribution is 7.89. The molecule has 2 rings (SSSR count). The van der Waals surface area contributed by atoms with Gasteiger partial charge in [0.15, 0.2) is 5.82 Å². The minimum Gasteiger partial charge on any atom is -0.481 e. The number of carboxylic acid groups (broad SMARTS) is 1. The van der Waals surface area contributed by atoms with Crippen LogP contribution in [0.25, 0.3) is 0 Å². The third-order valence-corrected chi connectivity index (χ3v) is 5.00. The quantitative estimate of drug-likeness (QED) is 0.837. The first-order chi connectivity index (χ1) is 9.35. The molecule has 1 saturated heterocycles. The van der Waals surface area contributed by atoms with Gasteiger partial charge in [-0.2, -0.15) is 4.31 Å². The maximum atomic E-state index is 13.6. The van der Waals surface area contributed by atoms with Gasteiger partial charge >= 0.3 is 5.97 Å². The molecule has 0 aromatic carbocycles. The Morgan fingerprint density at radius 2 is 2.25 bits per heavy atom. The second-order valence-corrected chi connectivity index (χ2v) is 6.27. The number of carboxylic acids is 1. The van der Waals surface area contributed by atoms with E-state index in [2.05, 4.69) is 4.98 Å². The average molecular weight is 304 g/mol. The Balaban J connectivity index is 2.35. The monoisotopic (exact) mass is 304 g/mol. The Morgan fingerprint density at radius 1 is 1.55 bits per heavy atom. The molecule has 1 aromatic rings. The van der Waals surface area contributed by atoms with Gasteiger partial charge in [0, 0.05) is 13.2 Å². The zero-order valence-electron chi connectivity index (χ0n) is 10.6. The Labute approximate surface area is 115 Å². The van der Waals surface area contributed by atoms with E-state index in [1.54, 1.807) is 0 Å². The van der Waals surface area contributed by atoms with Crippen LogP contribution in [0.4, 0.5) is 4.39 Å². The molecule has 0 amide bonds. The summed E-state index contributed by atoms with van der Waals surface area (Å²) < 4.78 is 44.0. The summed E-state index contributed by atoms with van der Waals surface area (Å²) in [5.41, 5.74) is 0. The molecule has 110 valence electrons. The van der Waals surface area contributed by atoms with Gasteiger partial charge in [0.2, 0.25) is 5.03 Å². The summed E-state index contributed by atoms with van der Waals surface area (Å²) in [6.45, 7) is -0.133. The summed E-state index contributed by atoms with van der Waals surface area (Å²) in [5.74, 6) is -3.12. The average Bonchev–Trinajstić information content (AvgIpc) is 2.87. The lowest BCUT2D eigenvalue weighted by Gasteiger charge is -2.25. The molecule has 0 radical (unpaired) electrons. The Morgan fingerprint density at radius 3 is 2.85 bits per heavy atom. The summed E-state index contributed by atoms with van der Waals surface area (Å²) in [6, 6.07) is 1.36. The predicted octanol–water partition coefficient (Wildman–Crippen LogP) is -0.0592. The van der Waals surface area contributed by atoms with Crippen LogP contribution in [0.15, 0.2) is 23.4 Å². The van der Waals surface area contributed by atoms with E-state index in [9.17, 15) is 17.6 Å². The van der Waals surface area contributed by atoms with Crippen LogP contribution in [0.1, 0.15) is 0 Å². The van der Waals surface area contributed by atoms with Crippen molar-refractivity contribution in [2.45, 2.75) is 11.1 Å². The van der Waals surface area contributed by atoms with Crippen LogP contribution in [0.5, 0.6) is 0 Å². The first-order valence-corrected chi connectivity index (χ1v) is 7.19. The van der Waals surface area contributed by atoms with Crippen molar-refractivity contribution in [2.75, 3.05) is 20.3 Å². The molecule has 0 saturated carbocycles. The Bertz CT molecular complexity index is 621. The number of aromatic nitrogens is 1. The number of likely N-dealkylation sites (N-methyl/N-ethyl adjacent to an activating group) is 1. The Kier molecular flexibility index (Phi) is 4.02. The van der Waals surface area contributed by atoms with Crippen LogP contribution < -0.4 is 0 Å². The van der Waals surface area contributed by atoms with Crippen LogP contribution in [0, 0.1) is 11.7 Å². The van der Waals surface area contributed by atoms with Crippen molar-refractivity contribution in [3.8, 4) is 0 Å². The van der Waals surface area contributed by atoms with Crippen molar-refractivity contribution in [2.24, 2.45) is 5.92 Å². The van der Waals surface area contributed by atoms with Crippen molar-refractivity contribution in [3.05, 3.63) is 24.1 Å². The molecule has 9 heteroatoms. The van der Waals surface area contributed by atoms with Gasteiger partial charge in [0.25, 0.3) is 10.0 Å². The van der Waals surface area contributed by atoms with E-state index in [0.29, 0.717) is 0 Å². The van der Waals surface area contributed by atoms with Crippen molar-refractivity contribution in [1.29, 1.82) is 0 Å². The number of sulfonamides is 1. The number of nitrogens with zero attached hydrogens (tertiary/aromatic N) is 2. The van der Waals surface area contributed by atoms with Gasteiger partial charge in [-0.15, -0.1) is 0 Å². The molecule has 2 heterocycles. The maximum absolute atomic E-state index is 13.6. The van der Waals surface area contributed by atoms with Crippen LogP contribution in [-0.4, -0.2) is 55.1 Å². The molecule has 1 fully saturated rings. The summed E-state index contributed by atoms with van der Waals surface area (Å²) >= 11 is 0. The minimum absolute atomic E-state index is 0.0544. The van der Waals surface area contributed by atoms with Crippen molar-refractivity contribution < 1.29 is 27.4 Å². The van der Waals surface area contributed by atoms with E-state index >= 15 is 0 Å². The second-order valence-electron chi connectivity index (χ2n) is 4.36. The van der Waals surface area contributed by atoms with E-state index in [1.807, 2.05) is 0 Å². The molecular formula is C11H13FN2O5S. The summed E-state index contributed by atoms with van der Waals surface area (Å²) in [5, 5.41) is 8.31. The largest absolute Gasteiger partial charge is 0.481 e. The fourth-order valence-electron chi connectivity index (χ4n) is 2.01. The fraction of sp³-hybridized carbons (Fsp3) is 0.455. The molecule has 0 bridgehead atoms. The molecule has 7 nitrogen and oxygen atoms in total. The first kappa shape index (κ1) is 14.8. The lowest BCUT2D eigenvalue weighted by atomic mass is 10.1. The SMILES string of the molecule is CN(C1COCC1C(=O)O)S(=O)(=O)c1ncccc1F. The van der Waals surface area contributed by atoms with Gasteiger partial charge < -0.3 is 9.84 Å².